The lowest BCUT2D eigenvalue weighted by Crippen LogP contribution is -1.98. The number of aryl methyl sites for hydroxylation is 1. The van der Waals surface area contributed by atoms with Crippen molar-refractivity contribution in [1.29, 1.82) is 0 Å². The van der Waals surface area contributed by atoms with E-state index in [1.165, 1.54) is 18.3 Å². The van der Waals surface area contributed by atoms with Crippen molar-refractivity contribution in [2.75, 3.05) is 0 Å². The lowest BCUT2D eigenvalue weighted by molar-refractivity contribution is -0.385. The van der Waals surface area contributed by atoms with Gasteiger partial charge in [-0.15, -0.1) is 0 Å². The minimum atomic E-state index is -0.555. The van der Waals surface area contributed by atoms with Crippen molar-refractivity contribution in [2.45, 2.75) is 6.92 Å². The molecule has 0 aliphatic rings. The van der Waals surface area contributed by atoms with Crippen LogP contribution in [0.3, 0.4) is 0 Å². The normalized spacial score (nSPS) is 10.8. The number of benzene rings is 1. The molecule has 6 heteroatoms. The van der Waals surface area contributed by atoms with Crippen molar-refractivity contribution >= 4 is 17.7 Å². The van der Waals surface area contributed by atoms with Gasteiger partial charge < -0.3 is 5.11 Å². The molecular weight excluding hydrogens is 246 g/mol. The van der Waals surface area contributed by atoms with E-state index in [-0.39, 0.29) is 17.0 Å². The van der Waals surface area contributed by atoms with Crippen LogP contribution in [0, 0.1) is 17.0 Å². The number of pyridine rings is 1. The van der Waals surface area contributed by atoms with Gasteiger partial charge in [0.2, 0.25) is 0 Å². The third-order valence-electron chi connectivity index (χ3n) is 2.44. The lowest BCUT2D eigenvalue weighted by atomic mass is 10.2. The Bertz CT molecular complexity index is 636. The van der Waals surface area contributed by atoms with Crippen LogP contribution in [0.1, 0.15) is 11.1 Å². The van der Waals surface area contributed by atoms with Gasteiger partial charge in [0.25, 0.3) is 5.69 Å². The molecule has 0 saturated heterocycles. The Morgan fingerprint density at radius 3 is 2.74 bits per heavy atom. The van der Waals surface area contributed by atoms with E-state index >= 15 is 0 Å². The highest BCUT2D eigenvalue weighted by molar-refractivity contribution is 5.85. The minimum Gasteiger partial charge on any atom is -0.872 e. The van der Waals surface area contributed by atoms with Crippen LogP contribution in [0.4, 0.5) is 11.5 Å². The van der Waals surface area contributed by atoms with Crippen LogP contribution in [0.15, 0.2) is 41.5 Å². The van der Waals surface area contributed by atoms with Gasteiger partial charge in [0.15, 0.2) is 5.82 Å². The van der Waals surface area contributed by atoms with Crippen molar-refractivity contribution in [3.8, 4) is 5.75 Å². The van der Waals surface area contributed by atoms with Gasteiger partial charge in [-0.3, -0.25) is 10.1 Å². The van der Waals surface area contributed by atoms with Gasteiger partial charge in [0, 0.05) is 24.5 Å². The van der Waals surface area contributed by atoms with E-state index in [1.807, 2.05) is 13.0 Å². The highest BCUT2D eigenvalue weighted by Crippen LogP contribution is 2.20. The number of rotatable bonds is 3. The van der Waals surface area contributed by atoms with Crippen LogP contribution in [-0.2, 0) is 0 Å². The van der Waals surface area contributed by atoms with Crippen LogP contribution < -0.4 is 5.11 Å². The molecule has 0 amide bonds. The van der Waals surface area contributed by atoms with Gasteiger partial charge in [-0.1, -0.05) is 17.9 Å². The van der Waals surface area contributed by atoms with Crippen molar-refractivity contribution < 1.29 is 10.0 Å². The van der Waals surface area contributed by atoms with Gasteiger partial charge in [0.05, 0.1) is 4.92 Å². The number of hydrogen-bond donors (Lipinski definition) is 0. The van der Waals surface area contributed by atoms with E-state index in [2.05, 4.69) is 9.98 Å². The zero-order valence-electron chi connectivity index (χ0n) is 10.1. The van der Waals surface area contributed by atoms with Crippen LogP contribution in [0.25, 0.3) is 0 Å². The molecule has 1 aromatic heterocycles. The average molecular weight is 256 g/mol. The highest BCUT2D eigenvalue weighted by Gasteiger charge is 2.05. The Labute approximate surface area is 109 Å². The van der Waals surface area contributed by atoms with E-state index in [0.29, 0.717) is 5.82 Å². The van der Waals surface area contributed by atoms with E-state index in [1.54, 1.807) is 12.3 Å². The zero-order valence-corrected chi connectivity index (χ0v) is 10.1. The molecule has 19 heavy (non-hydrogen) atoms. The summed E-state index contributed by atoms with van der Waals surface area (Å²) in [7, 11) is 0. The van der Waals surface area contributed by atoms with Crippen molar-refractivity contribution in [3.63, 3.8) is 0 Å². The number of non-ortho nitro benzene ring substituents is 1. The molecule has 0 radical (unpaired) electrons. The Morgan fingerprint density at radius 2 is 2.11 bits per heavy atom. The molecule has 0 saturated carbocycles. The van der Waals surface area contributed by atoms with E-state index in [0.717, 1.165) is 11.6 Å². The number of aliphatic imine (C=N–C) groups is 1. The SMILES string of the molecule is Cc1ccc(N=Cc2cc([N+](=O)[O-])ccc2[O-])nc1. The van der Waals surface area contributed by atoms with Gasteiger partial charge in [-0.25, -0.2) is 9.98 Å². The van der Waals surface area contributed by atoms with E-state index < -0.39 is 4.92 Å². The summed E-state index contributed by atoms with van der Waals surface area (Å²) in [4.78, 5) is 18.1. The van der Waals surface area contributed by atoms with Gasteiger partial charge in [-0.2, -0.15) is 0 Å². The summed E-state index contributed by atoms with van der Waals surface area (Å²) >= 11 is 0. The first-order chi connectivity index (χ1) is 9.06. The summed E-state index contributed by atoms with van der Waals surface area (Å²) in [6.07, 6.45) is 2.94. The molecule has 0 spiro atoms. The van der Waals surface area contributed by atoms with Crippen LogP contribution in [-0.4, -0.2) is 16.1 Å². The summed E-state index contributed by atoms with van der Waals surface area (Å²) < 4.78 is 0. The molecule has 2 rings (SSSR count). The first-order valence-corrected chi connectivity index (χ1v) is 5.48. The molecule has 2 aromatic rings. The molecule has 0 aliphatic carbocycles. The van der Waals surface area contributed by atoms with Gasteiger partial charge in [0.1, 0.15) is 0 Å². The largest absolute Gasteiger partial charge is 0.872 e. The zero-order chi connectivity index (χ0) is 13.8. The van der Waals surface area contributed by atoms with Crippen molar-refractivity contribution in [3.05, 3.63) is 57.8 Å². The molecule has 1 heterocycles. The summed E-state index contributed by atoms with van der Waals surface area (Å²) in [6.45, 7) is 1.90. The predicted molar refractivity (Wildman–Crippen MR) is 68.8 cm³/mol. The fourth-order valence-electron chi connectivity index (χ4n) is 1.42. The lowest BCUT2D eigenvalue weighted by Gasteiger charge is -2.08. The Kier molecular flexibility index (Phi) is 3.51. The van der Waals surface area contributed by atoms with Crippen molar-refractivity contribution in [1.82, 2.24) is 4.98 Å². The quantitative estimate of drug-likeness (QED) is 0.477. The molecule has 0 aliphatic heterocycles. The Morgan fingerprint density at radius 1 is 1.32 bits per heavy atom. The number of nitro groups is 1. The van der Waals surface area contributed by atoms with Crippen LogP contribution >= 0.6 is 0 Å². The second-order valence-electron chi connectivity index (χ2n) is 3.93. The number of nitrogens with zero attached hydrogens (tertiary/aromatic N) is 3. The first kappa shape index (κ1) is 12.7. The molecule has 0 fully saturated rings. The standard InChI is InChI=1S/C13H11N3O3/c1-9-2-5-13(14-7-9)15-8-10-6-11(16(18)19)3-4-12(10)17/h2-8,17H,1H3/p-1. The summed E-state index contributed by atoms with van der Waals surface area (Å²) in [6, 6.07) is 7.06. The Hall–Kier alpha value is -2.76. The molecule has 0 unspecified atom stereocenters. The number of hydrogen-bond acceptors (Lipinski definition) is 5. The maximum absolute atomic E-state index is 11.5. The summed E-state index contributed by atoms with van der Waals surface area (Å²) in [5.41, 5.74) is 1.02. The molecule has 96 valence electrons. The van der Waals surface area contributed by atoms with Gasteiger partial charge >= 0.3 is 0 Å². The fraction of sp³-hybridized carbons (Fsp3) is 0.0769. The average Bonchev–Trinajstić information content (AvgIpc) is 2.39. The van der Waals surface area contributed by atoms with Crippen molar-refractivity contribution in [2.24, 2.45) is 4.99 Å². The van der Waals surface area contributed by atoms with Gasteiger partial charge in [-0.05, 0) is 24.1 Å². The van der Waals surface area contributed by atoms with E-state index in [9.17, 15) is 15.2 Å². The molecule has 1 aromatic carbocycles. The summed E-state index contributed by atoms with van der Waals surface area (Å²) in [5.74, 6) is 0.123. The predicted octanol–water partition coefficient (Wildman–Crippen LogP) is 2.12. The molecule has 0 bridgehead atoms. The second kappa shape index (κ2) is 5.26. The number of nitro benzene ring substituents is 1. The maximum Gasteiger partial charge on any atom is 0.270 e. The molecule has 0 atom stereocenters. The third kappa shape index (κ3) is 3.12. The monoisotopic (exact) mass is 256 g/mol. The number of aromatic nitrogens is 1. The molecule has 6 nitrogen and oxygen atoms in total. The molecular formula is C13H10N3O3-. The first-order valence-electron chi connectivity index (χ1n) is 5.48. The third-order valence-corrected chi connectivity index (χ3v) is 2.44. The fourth-order valence-corrected chi connectivity index (χ4v) is 1.42. The minimum absolute atomic E-state index is 0.141. The molecule has 0 N–H and O–H groups in total. The topological polar surface area (TPSA) is 91.5 Å². The smallest absolute Gasteiger partial charge is 0.270 e. The van der Waals surface area contributed by atoms with Crippen LogP contribution in [0.5, 0.6) is 5.75 Å². The Balaban J connectivity index is 2.29. The second-order valence-corrected chi connectivity index (χ2v) is 3.93. The van der Waals surface area contributed by atoms with Crippen LogP contribution in [0.2, 0.25) is 0 Å². The maximum atomic E-state index is 11.5. The van der Waals surface area contributed by atoms with E-state index in [4.69, 9.17) is 0 Å². The highest BCUT2D eigenvalue weighted by atomic mass is 16.6. The summed E-state index contributed by atoms with van der Waals surface area (Å²) in [5, 5.41) is 22.2.